The van der Waals surface area contributed by atoms with Crippen LogP contribution in [0.15, 0.2) is 0 Å². The van der Waals surface area contributed by atoms with E-state index in [2.05, 4.69) is 58.6 Å². The van der Waals surface area contributed by atoms with Crippen molar-refractivity contribution in [3.8, 4) is 0 Å². The summed E-state index contributed by atoms with van der Waals surface area (Å²) in [4.78, 5) is 4.65. The van der Waals surface area contributed by atoms with Gasteiger partial charge in [-0.2, -0.15) is 0 Å². The van der Waals surface area contributed by atoms with Crippen molar-refractivity contribution in [2.24, 2.45) is 0 Å². The zero-order chi connectivity index (χ0) is 11.6. The highest BCUT2D eigenvalue weighted by Gasteiger charge is 2.10. The molecule has 0 aromatic carbocycles. The summed E-state index contributed by atoms with van der Waals surface area (Å²) in [5, 5.41) is 0. The number of rotatable bonds is 5. The van der Waals surface area contributed by atoms with Crippen molar-refractivity contribution < 1.29 is 0 Å². The first-order valence-corrected chi connectivity index (χ1v) is 5.88. The lowest BCUT2D eigenvalue weighted by atomic mass is 10.2. The zero-order valence-electron chi connectivity index (χ0n) is 11.3. The van der Waals surface area contributed by atoms with Gasteiger partial charge in [0.25, 0.3) is 0 Å². The topological polar surface area (TPSA) is 6.48 Å². The third-order valence-electron chi connectivity index (χ3n) is 2.17. The number of hydrogen-bond acceptors (Lipinski definition) is 2. The Morgan fingerprint density at radius 1 is 0.929 bits per heavy atom. The highest BCUT2D eigenvalue weighted by Crippen LogP contribution is 2.01. The summed E-state index contributed by atoms with van der Waals surface area (Å²) in [6, 6.07) is 0.718. The van der Waals surface area contributed by atoms with E-state index in [1.165, 1.54) is 19.4 Å². The van der Waals surface area contributed by atoms with Gasteiger partial charge in [-0.05, 0) is 34.1 Å². The van der Waals surface area contributed by atoms with Gasteiger partial charge in [-0.15, -0.1) is 0 Å². The average Bonchev–Trinajstić information content (AvgIpc) is 2.14. The van der Waals surface area contributed by atoms with Gasteiger partial charge in [-0.25, -0.2) is 0 Å². The van der Waals surface area contributed by atoms with Gasteiger partial charge in [0.05, 0.1) is 0 Å². The van der Waals surface area contributed by atoms with Crippen LogP contribution in [0.1, 0.15) is 40.5 Å². The van der Waals surface area contributed by atoms with Crippen LogP contribution in [-0.4, -0.2) is 50.1 Å². The number of hydrogen-bond donors (Lipinski definition) is 0. The summed E-state index contributed by atoms with van der Waals surface area (Å²) >= 11 is 0. The summed E-state index contributed by atoms with van der Waals surface area (Å²) in [5.41, 5.74) is 0. The molecule has 0 N–H and O–H groups in total. The molecule has 0 heterocycles. The van der Waals surface area contributed by atoms with E-state index in [4.69, 9.17) is 0 Å². The van der Waals surface area contributed by atoms with Gasteiger partial charge in [0.1, 0.15) is 0 Å². The van der Waals surface area contributed by atoms with E-state index in [9.17, 15) is 0 Å². The molecule has 0 spiro atoms. The third kappa shape index (κ3) is 10.0. The van der Waals surface area contributed by atoms with E-state index in [0.29, 0.717) is 0 Å². The third-order valence-corrected chi connectivity index (χ3v) is 2.17. The lowest BCUT2D eigenvalue weighted by Crippen LogP contribution is -2.39. The van der Waals surface area contributed by atoms with Gasteiger partial charge >= 0.3 is 0 Å². The molecule has 1 unspecified atom stereocenters. The van der Waals surface area contributed by atoms with Gasteiger partial charge in [-0.1, -0.05) is 34.1 Å². The summed E-state index contributed by atoms with van der Waals surface area (Å²) < 4.78 is 0. The molecule has 0 fully saturated rings. The molecule has 0 aromatic rings. The Morgan fingerprint density at radius 2 is 1.36 bits per heavy atom. The Kier molecular flexibility index (Phi) is 12.8. The molecule has 0 saturated heterocycles. The monoisotopic (exact) mass is 202 g/mol. The molecule has 0 aliphatic rings. The molecule has 0 aromatic heterocycles. The van der Waals surface area contributed by atoms with Gasteiger partial charge in [0.2, 0.25) is 0 Å². The fourth-order valence-electron chi connectivity index (χ4n) is 1.26. The fourth-order valence-corrected chi connectivity index (χ4v) is 1.26. The van der Waals surface area contributed by atoms with E-state index < -0.39 is 0 Å². The highest BCUT2D eigenvalue weighted by atomic mass is 15.2. The summed E-state index contributed by atoms with van der Waals surface area (Å²) in [5.74, 6) is 0. The van der Waals surface area contributed by atoms with Crippen molar-refractivity contribution in [2.75, 3.05) is 34.2 Å². The van der Waals surface area contributed by atoms with E-state index in [-0.39, 0.29) is 0 Å². The minimum Gasteiger partial charge on any atom is -0.308 e. The van der Waals surface area contributed by atoms with E-state index >= 15 is 0 Å². The normalized spacial score (nSPS) is 12.6. The molecule has 0 radical (unpaired) electrons. The summed E-state index contributed by atoms with van der Waals surface area (Å²) in [6.45, 7) is 11.0. The van der Waals surface area contributed by atoms with E-state index in [1.54, 1.807) is 0 Å². The molecule has 0 aliphatic heterocycles. The molecule has 0 aliphatic carbocycles. The van der Waals surface area contributed by atoms with Crippen molar-refractivity contribution >= 4 is 0 Å². The molecule has 0 saturated carbocycles. The van der Waals surface area contributed by atoms with Crippen molar-refractivity contribution in [1.29, 1.82) is 0 Å². The van der Waals surface area contributed by atoms with E-state index in [0.717, 1.165) is 12.6 Å². The number of nitrogens with zero attached hydrogens (tertiary/aromatic N) is 2. The average molecular weight is 202 g/mol. The smallest absolute Gasteiger partial charge is 0.0217 e. The summed E-state index contributed by atoms with van der Waals surface area (Å²) in [7, 11) is 6.45. The van der Waals surface area contributed by atoms with Crippen LogP contribution >= 0.6 is 0 Å². The van der Waals surface area contributed by atoms with Crippen LogP contribution in [0.5, 0.6) is 0 Å². The minimum atomic E-state index is 0.718. The van der Waals surface area contributed by atoms with Crippen molar-refractivity contribution in [3.05, 3.63) is 0 Å². The first-order chi connectivity index (χ1) is 6.53. The Bertz CT molecular complexity index is 102. The van der Waals surface area contributed by atoms with Crippen LogP contribution in [0.4, 0.5) is 0 Å². The minimum absolute atomic E-state index is 0.718. The van der Waals surface area contributed by atoms with Crippen LogP contribution in [0.25, 0.3) is 0 Å². The molecule has 0 rings (SSSR count). The second kappa shape index (κ2) is 11.0. The van der Waals surface area contributed by atoms with Gasteiger partial charge in [0, 0.05) is 12.6 Å². The molecule has 14 heavy (non-hydrogen) atoms. The first-order valence-electron chi connectivity index (χ1n) is 5.88. The van der Waals surface area contributed by atoms with Crippen LogP contribution in [0.3, 0.4) is 0 Å². The fraction of sp³-hybridized carbons (Fsp3) is 1.00. The number of likely N-dealkylation sites (N-methyl/N-ethyl adjacent to an activating group) is 2. The largest absolute Gasteiger partial charge is 0.308 e. The Balaban J connectivity index is 0. The standard InChI is InChI=1S/C9H22N2.C3H8/c1-6-9(8-10(3)4)11(5)7-2;1-3-2/h9H,6-8H2,1-5H3;3H2,1-2H3. The Morgan fingerprint density at radius 3 is 1.57 bits per heavy atom. The van der Waals surface area contributed by atoms with Crippen LogP contribution in [0.2, 0.25) is 0 Å². The van der Waals surface area contributed by atoms with Crippen LogP contribution in [-0.2, 0) is 0 Å². The van der Waals surface area contributed by atoms with Crippen LogP contribution in [0, 0.1) is 0 Å². The quantitative estimate of drug-likeness (QED) is 0.676. The molecule has 1 atom stereocenters. The second-order valence-electron chi connectivity index (χ2n) is 4.10. The summed E-state index contributed by atoms with van der Waals surface area (Å²) in [6.07, 6.45) is 2.49. The maximum Gasteiger partial charge on any atom is 0.0217 e. The Labute approximate surface area is 91.3 Å². The van der Waals surface area contributed by atoms with Gasteiger partial charge < -0.3 is 9.80 Å². The molecule has 88 valence electrons. The van der Waals surface area contributed by atoms with Crippen LogP contribution < -0.4 is 0 Å². The molecule has 0 bridgehead atoms. The second-order valence-corrected chi connectivity index (χ2v) is 4.10. The Hall–Kier alpha value is -0.0800. The van der Waals surface area contributed by atoms with Gasteiger partial charge in [-0.3, -0.25) is 0 Å². The van der Waals surface area contributed by atoms with Gasteiger partial charge in [0.15, 0.2) is 0 Å². The maximum atomic E-state index is 2.40. The first kappa shape index (κ1) is 16.4. The molecular formula is C12H30N2. The molecule has 2 heteroatoms. The maximum absolute atomic E-state index is 2.40. The molecule has 0 amide bonds. The van der Waals surface area contributed by atoms with Crippen molar-refractivity contribution in [2.45, 2.75) is 46.6 Å². The highest BCUT2D eigenvalue weighted by molar-refractivity contribution is 4.68. The molecular weight excluding hydrogens is 172 g/mol. The zero-order valence-corrected chi connectivity index (χ0v) is 11.3. The van der Waals surface area contributed by atoms with Crippen molar-refractivity contribution in [3.63, 3.8) is 0 Å². The predicted molar refractivity (Wildman–Crippen MR) is 66.9 cm³/mol. The molecule has 2 nitrogen and oxygen atoms in total. The SMILES string of the molecule is CCC.CCC(CN(C)C)N(C)CC. The lowest BCUT2D eigenvalue weighted by Gasteiger charge is -2.28. The van der Waals surface area contributed by atoms with E-state index in [1.807, 2.05) is 0 Å². The van der Waals surface area contributed by atoms with Crippen molar-refractivity contribution in [1.82, 2.24) is 9.80 Å². The lowest BCUT2D eigenvalue weighted by molar-refractivity contribution is 0.198. The predicted octanol–water partition coefficient (Wildman–Crippen LogP) is 2.69.